The molecule has 0 aromatic carbocycles. The second kappa shape index (κ2) is 1.81. The van der Waals surface area contributed by atoms with Crippen molar-refractivity contribution in [3.8, 4) is 0 Å². The highest BCUT2D eigenvalue weighted by molar-refractivity contribution is 5.77. The third kappa shape index (κ3) is 0.776. The Morgan fingerprint density at radius 2 is 2.75 bits per heavy atom. The molecule has 0 saturated carbocycles. The van der Waals surface area contributed by atoms with E-state index in [1.165, 1.54) is 0 Å². The number of ether oxygens (including phenoxy) is 1. The molecule has 4 heteroatoms. The molecule has 1 N–H and O–H groups in total. The molecule has 0 fully saturated rings. The molecular formula is C4H6N2O2. The summed E-state index contributed by atoms with van der Waals surface area (Å²) >= 11 is 0. The fraction of sp³-hybridized carbons (Fsp3) is 0.500. The van der Waals surface area contributed by atoms with Gasteiger partial charge >= 0.3 is 0 Å². The fourth-order valence-electron chi connectivity index (χ4n) is 0.449. The van der Waals surface area contributed by atoms with Crippen LogP contribution in [-0.4, -0.2) is 18.4 Å². The molecule has 1 rings (SSSR count). The van der Waals surface area contributed by atoms with E-state index in [0.29, 0.717) is 12.2 Å². The van der Waals surface area contributed by atoms with E-state index in [9.17, 15) is 4.79 Å². The zero-order valence-electron chi connectivity index (χ0n) is 4.42. The Balaban J connectivity index is 2.43. The quantitative estimate of drug-likeness (QED) is 0.466. The van der Waals surface area contributed by atoms with Crippen LogP contribution in [0.3, 0.4) is 0 Å². The number of carbonyl (C=O) groups excluding carboxylic acids is 1. The highest BCUT2D eigenvalue weighted by Crippen LogP contribution is 1.93. The van der Waals surface area contributed by atoms with Gasteiger partial charge in [0.2, 0.25) is 12.1 Å². The minimum atomic E-state index is -0.560. The van der Waals surface area contributed by atoms with Crippen LogP contribution >= 0.6 is 0 Å². The normalized spacial score (nSPS) is 25.6. The highest BCUT2D eigenvalue weighted by atomic mass is 16.5. The summed E-state index contributed by atoms with van der Waals surface area (Å²) in [5, 5.41) is 3.60. The van der Waals surface area contributed by atoms with Gasteiger partial charge in [-0.05, 0) is 0 Å². The third-order valence-corrected chi connectivity index (χ3v) is 0.770. The first-order chi connectivity index (χ1) is 3.83. The summed E-state index contributed by atoms with van der Waals surface area (Å²) in [4.78, 5) is 9.89. The van der Waals surface area contributed by atoms with Gasteiger partial charge in [-0.25, -0.2) is 0 Å². The molecule has 1 unspecified atom stereocenters. The predicted octanol–water partition coefficient (Wildman–Crippen LogP) is -0.535. The van der Waals surface area contributed by atoms with Crippen LogP contribution in [0.5, 0.6) is 0 Å². The third-order valence-electron chi connectivity index (χ3n) is 0.770. The summed E-state index contributed by atoms with van der Waals surface area (Å²) in [5.74, 6) is 0.502. The smallest absolute Gasteiger partial charge is 0.242 e. The molecule has 0 aromatic rings. The first-order valence-electron chi connectivity index (χ1n) is 2.24. The first-order valence-corrected chi connectivity index (χ1v) is 2.24. The molecule has 0 bridgehead atoms. The van der Waals surface area contributed by atoms with Crippen molar-refractivity contribution in [3.05, 3.63) is 0 Å². The number of hydrogen-bond donors (Lipinski definition) is 1. The van der Waals surface area contributed by atoms with E-state index in [0.717, 1.165) is 0 Å². The molecule has 0 amide bonds. The Morgan fingerprint density at radius 1 is 2.00 bits per heavy atom. The maximum atomic E-state index is 9.89. The van der Waals surface area contributed by atoms with Crippen LogP contribution < -0.4 is 5.43 Å². The predicted molar refractivity (Wildman–Crippen MR) is 27.2 cm³/mol. The Bertz CT molecular complexity index is 132. The Kier molecular flexibility index (Phi) is 1.15. The first kappa shape index (κ1) is 5.08. The minimum absolute atomic E-state index is 0.502. The van der Waals surface area contributed by atoms with Crippen molar-refractivity contribution in [2.75, 3.05) is 0 Å². The standard InChI is InChI=1S/C4H6N2O2/c1-3-5-6-4(2-7)8-3/h2,4,6H,1H3. The van der Waals surface area contributed by atoms with Crippen molar-refractivity contribution in [3.63, 3.8) is 0 Å². The number of nitrogens with one attached hydrogen (secondary N) is 1. The molecule has 0 aromatic heterocycles. The lowest BCUT2D eigenvalue weighted by atomic mass is 10.7. The van der Waals surface area contributed by atoms with Gasteiger partial charge < -0.3 is 4.74 Å². The summed E-state index contributed by atoms with van der Waals surface area (Å²) in [6.45, 7) is 1.68. The van der Waals surface area contributed by atoms with E-state index in [1.54, 1.807) is 6.92 Å². The number of aldehydes is 1. The van der Waals surface area contributed by atoms with E-state index in [1.807, 2.05) is 0 Å². The fourth-order valence-corrected chi connectivity index (χ4v) is 0.449. The van der Waals surface area contributed by atoms with Crippen LogP contribution in [0, 0.1) is 0 Å². The van der Waals surface area contributed by atoms with Gasteiger partial charge in [-0.2, -0.15) is 0 Å². The van der Waals surface area contributed by atoms with Gasteiger partial charge in [-0.3, -0.25) is 10.2 Å². The van der Waals surface area contributed by atoms with Crippen LogP contribution in [0.2, 0.25) is 0 Å². The highest BCUT2D eigenvalue weighted by Gasteiger charge is 2.12. The summed E-state index contributed by atoms with van der Waals surface area (Å²) in [6.07, 6.45) is 0.0926. The van der Waals surface area contributed by atoms with Gasteiger partial charge in [0.25, 0.3) is 0 Å². The molecule has 1 atom stereocenters. The molecule has 0 saturated heterocycles. The van der Waals surface area contributed by atoms with Gasteiger partial charge in [0.05, 0.1) is 0 Å². The summed E-state index contributed by atoms with van der Waals surface area (Å²) in [5.41, 5.74) is 2.45. The van der Waals surface area contributed by atoms with Crippen LogP contribution in [-0.2, 0) is 9.53 Å². The topological polar surface area (TPSA) is 50.7 Å². The maximum absolute atomic E-state index is 9.89. The number of carbonyl (C=O) groups is 1. The molecule has 0 aliphatic carbocycles. The second-order valence-corrected chi connectivity index (χ2v) is 1.43. The number of hydrogen-bond acceptors (Lipinski definition) is 4. The average molecular weight is 114 g/mol. The molecule has 0 spiro atoms. The van der Waals surface area contributed by atoms with E-state index in [2.05, 4.69) is 10.5 Å². The van der Waals surface area contributed by atoms with Gasteiger partial charge in [0.1, 0.15) is 0 Å². The van der Waals surface area contributed by atoms with Crippen LogP contribution in [0.1, 0.15) is 6.92 Å². The van der Waals surface area contributed by atoms with Gasteiger partial charge in [-0.15, -0.1) is 5.10 Å². The average Bonchev–Trinajstić information content (AvgIpc) is 2.14. The van der Waals surface area contributed by atoms with E-state index < -0.39 is 6.23 Å². The monoisotopic (exact) mass is 114 g/mol. The van der Waals surface area contributed by atoms with Crippen molar-refractivity contribution in [2.24, 2.45) is 5.10 Å². The lowest BCUT2D eigenvalue weighted by Gasteiger charge is -1.97. The van der Waals surface area contributed by atoms with Crippen LogP contribution in [0.25, 0.3) is 0 Å². The van der Waals surface area contributed by atoms with E-state index in [-0.39, 0.29) is 0 Å². The maximum Gasteiger partial charge on any atom is 0.242 e. The lowest BCUT2D eigenvalue weighted by molar-refractivity contribution is -0.114. The molecule has 44 valence electrons. The molecule has 1 aliphatic rings. The van der Waals surface area contributed by atoms with Crippen LogP contribution in [0.15, 0.2) is 5.10 Å². The summed E-state index contributed by atoms with van der Waals surface area (Å²) in [6, 6.07) is 0. The number of rotatable bonds is 1. The molecule has 1 heterocycles. The van der Waals surface area contributed by atoms with Crippen molar-refractivity contribution in [2.45, 2.75) is 13.2 Å². The van der Waals surface area contributed by atoms with E-state index in [4.69, 9.17) is 4.74 Å². The number of nitrogens with zero attached hydrogens (tertiary/aromatic N) is 1. The lowest BCUT2D eigenvalue weighted by Crippen LogP contribution is -2.22. The zero-order chi connectivity index (χ0) is 5.98. The van der Waals surface area contributed by atoms with Crippen molar-refractivity contribution < 1.29 is 9.53 Å². The van der Waals surface area contributed by atoms with Crippen LogP contribution in [0.4, 0.5) is 0 Å². The molecular weight excluding hydrogens is 108 g/mol. The SMILES string of the molecule is CC1=NNC(C=O)O1. The summed E-state index contributed by atoms with van der Waals surface area (Å²) < 4.78 is 4.78. The zero-order valence-corrected chi connectivity index (χ0v) is 4.42. The van der Waals surface area contributed by atoms with Gasteiger partial charge in [0, 0.05) is 6.92 Å². The van der Waals surface area contributed by atoms with Crippen molar-refractivity contribution >= 4 is 12.2 Å². The molecule has 4 nitrogen and oxygen atoms in total. The van der Waals surface area contributed by atoms with Crippen molar-refractivity contribution in [1.82, 2.24) is 5.43 Å². The van der Waals surface area contributed by atoms with E-state index >= 15 is 0 Å². The summed E-state index contributed by atoms with van der Waals surface area (Å²) in [7, 11) is 0. The largest absolute Gasteiger partial charge is 0.448 e. The minimum Gasteiger partial charge on any atom is -0.448 e. The van der Waals surface area contributed by atoms with Gasteiger partial charge in [-0.1, -0.05) is 0 Å². The number of hydrazone groups is 1. The molecule has 8 heavy (non-hydrogen) atoms. The Morgan fingerprint density at radius 3 is 3.00 bits per heavy atom. The Hall–Kier alpha value is -1.06. The van der Waals surface area contributed by atoms with Crippen molar-refractivity contribution in [1.29, 1.82) is 0 Å². The van der Waals surface area contributed by atoms with Gasteiger partial charge in [0.15, 0.2) is 6.29 Å². The molecule has 1 aliphatic heterocycles. The Labute approximate surface area is 46.5 Å². The second-order valence-electron chi connectivity index (χ2n) is 1.43. The molecule has 0 radical (unpaired) electrons.